The molecule has 2 N–H and O–H groups in total. The van der Waals surface area contributed by atoms with Crippen molar-refractivity contribution in [3.05, 3.63) is 54.1 Å². The number of carbonyl (C=O) groups excluding carboxylic acids is 2. The second-order valence-corrected chi connectivity index (χ2v) is 5.57. The van der Waals surface area contributed by atoms with E-state index < -0.39 is 6.10 Å². The fraction of sp³-hybridized carbons (Fsp3) is 0.300. The summed E-state index contributed by atoms with van der Waals surface area (Å²) in [7, 11) is 1.55. The number of benzene rings is 2. The lowest BCUT2D eigenvalue weighted by Gasteiger charge is -2.15. The fourth-order valence-electron chi connectivity index (χ4n) is 2.45. The average molecular weight is 356 g/mol. The zero-order valence-corrected chi connectivity index (χ0v) is 15.2. The summed E-state index contributed by atoms with van der Waals surface area (Å²) in [5.74, 6) is 0.139. The third-order valence-corrected chi connectivity index (χ3v) is 3.80. The average Bonchev–Trinajstić information content (AvgIpc) is 2.66. The molecule has 1 unspecified atom stereocenters. The molecular weight excluding hydrogens is 332 g/mol. The number of methoxy groups -OCH3 is 1. The van der Waals surface area contributed by atoms with Crippen LogP contribution >= 0.6 is 0 Å². The third kappa shape index (κ3) is 5.07. The number of hydrogen-bond acceptors (Lipinski definition) is 4. The van der Waals surface area contributed by atoms with Crippen LogP contribution in [0.3, 0.4) is 0 Å². The highest BCUT2D eigenvalue weighted by atomic mass is 16.5. The van der Waals surface area contributed by atoms with Crippen LogP contribution in [0.1, 0.15) is 30.6 Å². The zero-order chi connectivity index (χ0) is 18.9. The van der Waals surface area contributed by atoms with Crippen LogP contribution in [-0.2, 0) is 9.53 Å². The summed E-state index contributed by atoms with van der Waals surface area (Å²) in [6.07, 6.45) is 0.118. The molecule has 0 bridgehead atoms. The van der Waals surface area contributed by atoms with Crippen molar-refractivity contribution in [3.63, 3.8) is 0 Å². The molecule has 0 aliphatic heterocycles. The molecule has 6 heteroatoms. The van der Waals surface area contributed by atoms with Crippen LogP contribution < -0.4 is 15.4 Å². The van der Waals surface area contributed by atoms with E-state index in [2.05, 4.69) is 10.6 Å². The highest BCUT2D eigenvalue weighted by molar-refractivity contribution is 6.05. The summed E-state index contributed by atoms with van der Waals surface area (Å²) in [4.78, 5) is 24.5. The van der Waals surface area contributed by atoms with Crippen molar-refractivity contribution in [2.75, 3.05) is 24.4 Å². The number of amides is 2. The summed E-state index contributed by atoms with van der Waals surface area (Å²) in [5, 5.41) is 5.61. The Kier molecular flexibility index (Phi) is 7.17. The summed E-state index contributed by atoms with van der Waals surface area (Å²) in [6.45, 7) is 4.23. The third-order valence-electron chi connectivity index (χ3n) is 3.80. The van der Waals surface area contributed by atoms with Crippen molar-refractivity contribution in [1.82, 2.24) is 0 Å². The molecule has 0 radical (unpaired) electrons. The highest BCUT2D eigenvalue weighted by Gasteiger charge is 2.16. The van der Waals surface area contributed by atoms with Gasteiger partial charge in [0, 0.05) is 17.9 Å². The number of nitrogens with one attached hydrogen (secondary N) is 2. The van der Waals surface area contributed by atoms with E-state index in [1.807, 2.05) is 26.0 Å². The van der Waals surface area contributed by atoms with E-state index in [-0.39, 0.29) is 11.8 Å². The summed E-state index contributed by atoms with van der Waals surface area (Å²) < 4.78 is 10.6. The molecule has 0 saturated heterocycles. The Morgan fingerprint density at radius 1 is 1.00 bits per heavy atom. The van der Waals surface area contributed by atoms with E-state index in [9.17, 15) is 9.59 Å². The second kappa shape index (κ2) is 9.58. The minimum absolute atomic E-state index is 0.194. The minimum atomic E-state index is -0.478. The van der Waals surface area contributed by atoms with Gasteiger partial charge in [-0.15, -0.1) is 0 Å². The van der Waals surface area contributed by atoms with Crippen LogP contribution in [0.25, 0.3) is 0 Å². The molecule has 0 aromatic heterocycles. The number of hydrogen-bond donors (Lipinski definition) is 2. The quantitative estimate of drug-likeness (QED) is 0.756. The first-order valence-corrected chi connectivity index (χ1v) is 8.55. The van der Waals surface area contributed by atoms with Gasteiger partial charge >= 0.3 is 0 Å². The first-order chi connectivity index (χ1) is 12.6. The molecule has 0 spiro atoms. The van der Waals surface area contributed by atoms with E-state index in [0.29, 0.717) is 35.7 Å². The van der Waals surface area contributed by atoms with Crippen LogP contribution in [0.4, 0.5) is 11.4 Å². The van der Waals surface area contributed by atoms with E-state index in [1.165, 1.54) is 0 Å². The van der Waals surface area contributed by atoms with Crippen LogP contribution in [0, 0.1) is 0 Å². The van der Waals surface area contributed by atoms with E-state index in [4.69, 9.17) is 9.47 Å². The predicted molar refractivity (Wildman–Crippen MR) is 102 cm³/mol. The number of rotatable bonds is 8. The topological polar surface area (TPSA) is 76.7 Å². The van der Waals surface area contributed by atoms with Crippen molar-refractivity contribution in [3.8, 4) is 5.75 Å². The van der Waals surface area contributed by atoms with Gasteiger partial charge in [0.05, 0.1) is 12.8 Å². The number of ether oxygens (including phenoxy) is 2. The van der Waals surface area contributed by atoms with Gasteiger partial charge in [-0.25, -0.2) is 0 Å². The summed E-state index contributed by atoms with van der Waals surface area (Å²) >= 11 is 0. The lowest BCUT2D eigenvalue weighted by Crippen LogP contribution is -2.29. The Bertz CT molecular complexity index is 744. The van der Waals surface area contributed by atoms with E-state index >= 15 is 0 Å². The number of para-hydroxylation sites is 2. The molecule has 2 amide bonds. The molecule has 26 heavy (non-hydrogen) atoms. The second-order valence-electron chi connectivity index (χ2n) is 5.57. The van der Waals surface area contributed by atoms with Crippen LogP contribution in [0.15, 0.2) is 48.5 Å². The standard InChI is InChI=1S/C20H24N2O4/c1-4-17(26-5-2)20(24)21-15-12-10-14(11-13-15)19(23)22-16-8-6-7-9-18(16)25-3/h6-13,17H,4-5H2,1-3H3,(H,21,24)(H,22,23). The molecule has 1 atom stereocenters. The van der Waals surface area contributed by atoms with E-state index in [1.54, 1.807) is 43.5 Å². The zero-order valence-electron chi connectivity index (χ0n) is 15.2. The molecular formula is C20H24N2O4. The molecule has 0 heterocycles. The van der Waals surface area contributed by atoms with Crippen molar-refractivity contribution in [1.29, 1.82) is 0 Å². The maximum Gasteiger partial charge on any atom is 0.255 e. The Morgan fingerprint density at radius 3 is 2.31 bits per heavy atom. The lowest BCUT2D eigenvalue weighted by molar-refractivity contribution is -0.127. The SMILES string of the molecule is CCOC(CC)C(=O)Nc1ccc(C(=O)Nc2ccccc2OC)cc1. The fourth-order valence-corrected chi connectivity index (χ4v) is 2.45. The summed E-state index contributed by atoms with van der Waals surface area (Å²) in [6, 6.07) is 13.9. The first kappa shape index (κ1) is 19.5. The number of carbonyl (C=O) groups is 2. The smallest absolute Gasteiger partial charge is 0.255 e. The molecule has 2 rings (SSSR count). The van der Waals surface area contributed by atoms with E-state index in [0.717, 1.165) is 0 Å². The van der Waals surface area contributed by atoms with Crippen molar-refractivity contribution >= 4 is 23.2 Å². The van der Waals surface area contributed by atoms with Gasteiger partial charge in [0.25, 0.3) is 11.8 Å². The van der Waals surface area contributed by atoms with Crippen LogP contribution in [-0.4, -0.2) is 31.6 Å². The largest absolute Gasteiger partial charge is 0.495 e. The molecule has 0 aliphatic rings. The van der Waals surface area contributed by atoms with Crippen LogP contribution in [0.2, 0.25) is 0 Å². The minimum Gasteiger partial charge on any atom is -0.495 e. The molecule has 2 aromatic rings. The van der Waals surface area contributed by atoms with Crippen molar-refractivity contribution in [2.45, 2.75) is 26.4 Å². The van der Waals surface area contributed by atoms with Gasteiger partial charge in [0.15, 0.2) is 0 Å². The Labute approximate surface area is 153 Å². The maximum absolute atomic E-state index is 12.4. The van der Waals surface area contributed by atoms with Gasteiger partial charge in [-0.3, -0.25) is 9.59 Å². The first-order valence-electron chi connectivity index (χ1n) is 8.55. The molecule has 2 aromatic carbocycles. The molecule has 0 saturated carbocycles. The predicted octanol–water partition coefficient (Wildman–Crippen LogP) is 3.70. The monoisotopic (exact) mass is 356 g/mol. The molecule has 0 aliphatic carbocycles. The van der Waals surface area contributed by atoms with Crippen molar-refractivity contribution in [2.24, 2.45) is 0 Å². The normalized spacial score (nSPS) is 11.5. The Hall–Kier alpha value is -2.86. The Balaban J connectivity index is 2.02. The van der Waals surface area contributed by atoms with Gasteiger partial charge < -0.3 is 20.1 Å². The molecule has 138 valence electrons. The Morgan fingerprint density at radius 2 is 1.69 bits per heavy atom. The van der Waals surface area contributed by atoms with Gasteiger partial charge in [0.1, 0.15) is 11.9 Å². The van der Waals surface area contributed by atoms with Gasteiger partial charge in [-0.2, -0.15) is 0 Å². The van der Waals surface area contributed by atoms with Crippen LogP contribution in [0.5, 0.6) is 5.75 Å². The highest BCUT2D eigenvalue weighted by Crippen LogP contribution is 2.23. The molecule has 6 nitrogen and oxygen atoms in total. The van der Waals surface area contributed by atoms with Gasteiger partial charge in [-0.1, -0.05) is 19.1 Å². The maximum atomic E-state index is 12.4. The lowest BCUT2D eigenvalue weighted by atomic mass is 10.1. The molecule has 0 fully saturated rings. The van der Waals surface area contributed by atoms with Gasteiger partial charge in [0.2, 0.25) is 0 Å². The number of anilines is 2. The van der Waals surface area contributed by atoms with Crippen molar-refractivity contribution < 1.29 is 19.1 Å². The van der Waals surface area contributed by atoms with Gasteiger partial charge in [-0.05, 0) is 49.7 Å². The summed E-state index contributed by atoms with van der Waals surface area (Å²) in [5.41, 5.74) is 1.69.